The Balaban J connectivity index is 1.85. The molecule has 2 heterocycles. The van der Waals surface area contributed by atoms with Crippen molar-refractivity contribution >= 4 is 11.6 Å². The average molecular weight is 346 g/mol. The lowest BCUT2D eigenvalue weighted by atomic mass is 9.89. The van der Waals surface area contributed by atoms with Gasteiger partial charge in [0.1, 0.15) is 12.1 Å². The number of aliphatic hydroxyl groups is 1. The molecule has 0 spiro atoms. The van der Waals surface area contributed by atoms with Gasteiger partial charge in [-0.25, -0.2) is 9.97 Å². The molecule has 0 bridgehead atoms. The highest BCUT2D eigenvalue weighted by Crippen LogP contribution is 2.30. The van der Waals surface area contributed by atoms with E-state index in [0.717, 1.165) is 17.8 Å². The summed E-state index contributed by atoms with van der Waals surface area (Å²) in [7, 11) is 0. The fourth-order valence-electron chi connectivity index (χ4n) is 3.01. The molecule has 2 unspecified atom stereocenters. The van der Waals surface area contributed by atoms with E-state index in [1.165, 1.54) is 0 Å². The topological polar surface area (TPSA) is 64.1 Å². The molecule has 3 aromatic rings. The second kappa shape index (κ2) is 7.64. The van der Waals surface area contributed by atoms with Crippen LogP contribution < -0.4 is 0 Å². The molecule has 0 radical (unpaired) electrons. The molecule has 2 aromatic heterocycles. The van der Waals surface area contributed by atoms with Gasteiger partial charge in [0.05, 0.1) is 18.8 Å². The molecule has 126 valence electrons. The third kappa shape index (κ3) is 3.86. The van der Waals surface area contributed by atoms with Crippen LogP contribution in [-0.2, 0) is 6.42 Å². The van der Waals surface area contributed by atoms with Crippen LogP contribution in [0, 0.1) is 6.92 Å². The van der Waals surface area contributed by atoms with Gasteiger partial charge >= 0.3 is 0 Å². The number of aryl methyl sites for hydroxylation is 1. The van der Waals surface area contributed by atoms with Crippen LogP contribution in [0.3, 0.4) is 0 Å². The molecule has 0 aliphatic rings. The van der Waals surface area contributed by atoms with Crippen LogP contribution in [0.4, 0.5) is 0 Å². The molecule has 6 heteroatoms. The van der Waals surface area contributed by atoms with Crippen LogP contribution in [0.25, 0.3) is 0 Å². The van der Waals surface area contributed by atoms with E-state index in [2.05, 4.69) is 9.97 Å². The highest BCUT2D eigenvalue weighted by Gasteiger charge is 2.22. The molecule has 0 amide bonds. The Kier molecular flexibility index (Phi) is 5.33. The monoisotopic (exact) mass is 345 g/mol. The molecule has 5 nitrogen and oxygen atoms in total. The Bertz CT molecular complexity index is 753. The molecule has 2 atom stereocenters. The van der Waals surface area contributed by atoms with Crippen LogP contribution in [-0.4, -0.2) is 26.2 Å². The highest BCUT2D eigenvalue weighted by atomic mass is 35.5. The van der Waals surface area contributed by atoms with E-state index in [0.29, 0.717) is 17.3 Å². The van der Waals surface area contributed by atoms with E-state index in [4.69, 9.17) is 16.0 Å². The Morgan fingerprint density at radius 2 is 2.00 bits per heavy atom. The summed E-state index contributed by atoms with van der Waals surface area (Å²) < 4.78 is 7.43. The van der Waals surface area contributed by atoms with Gasteiger partial charge in [-0.1, -0.05) is 23.7 Å². The first-order valence-corrected chi connectivity index (χ1v) is 8.29. The van der Waals surface area contributed by atoms with Crippen molar-refractivity contribution in [1.82, 2.24) is 14.5 Å². The summed E-state index contributed by atoms with van der Waals surface area (Å²) in [5.41, 5.74) is 1.15. The van der Waals surface area contributed by atoms with Crippen molar-refractivity contribution in [3.8, 4) is 0 Å². The second-order valence-electron chi connectivity index (χ2n) is 5.83. The summed E-state index contributed by atoms with van der Waals surface area (Å²) in [6.45, 7) is 1.99. The zero-order valence-corrected chi connectivity index (χ0v) is 14.2. The Hall–Kier alpha value is -2.11. The molecule has 0 saturated carbocycles. The van der Waals surface area contributed by atoms with E-state index < -0.39 is 0 Å². The van der Waals surface area contributed by atoms with Gasteiger partial charge in [-0.15, -0.1) is 0 Å². The van der Waals surface area contributed by atoms with E-state index >= 15 is 0 Å². The van der Waals surface area contributed by atoms with Gasteiger partial charge in [0.2, 0.25) is 0 Å². The predicted molar refractivity (Wildman–Crippen MR) is 92.1 cm³/mol. The Morgan fingerprint density at radius 3 is 2.58 bits per heavy atom. The number of aromatic nitrogens is 3. The van der Waals surface area contributed by atoms with Crippen molar-refractivity contribution in [3.63, 3.8) is 0 Å². The fourth-order valence-corrected chi connectivity index (χ4v) is 3.14. The Labute approximate surface area is 145 Å². The number of oxazole rings is 1. The third-order valence-electron chi connectivity index (χ3n) is 4.27. The SMILES string of the molecule is Cc1nccn1C(CO)CC(Cc1ncco1)c1ccc(Cl)cc1. The maximum Gasteiger partial charge on any atom is 0.194 e. The lowest BCUT2D eigenvalue weighted by Crippen LogP contribution is -2.18. The number of imidazole rings is 1. The minimum atomic E-state index is -0.0526. The van der Waals surface area contributed by atoms with E-state index in [1.807, 2.05) is 42.0 Å². The van der Waals surface area contributed by atoms with Gasteiger partial charge < -0.3 is 14.1 Å². The van der Waals surface area contributed by atoms with Crippen molar-refractivity contribution < 1.29 is 9.52 Å². The lowest BCUT2D eigenvalue weighted by Gasteiger charge is -2.24. The number of rotatable bonds is 7. The summed E-state index contributed by atoms with van der Waals surface area (Å²) in [5, 5.41) is 10.6. The highest BCUT2D eigenvalue weighted by molar-refractivity contribution is 6.30. The molecule has 1 aromatic carbocycles. The molecule has 0 aliphatic heterocycles. The second-order valence-corrected chi connectivity index (χ2v) is 6.27. The number of hydrogen-bond acceptors (Lipinski definition) is 4. The maximum absolute atomic E-state index is 9.88. The largest absolute Gasteiger partial charge is 0.449 e. The lowest BCUT2D eigenvalue weighted by molar-refractivity contribution is 0.210. The van der Waals surface area contributed by atoms with Gasteiger partial charge in [-0.3, -0.25) is 0 Å². The van der Waals surface area contributed by atoms with Crippen molar-refractivity contribution in [3.05, 3.63) is 71.4 Å². The summed E-state index contributed by atoms with van der Waals surface area (Å²) in [6, 6.07) is 7.75. The fraction of sp³-hybridized carbons (Fsp3) is 0.333. The minimum Gasteiger partial charge on any atom is -0.449 e. The number of aliphatic hydroxyl groups excluding tert-OH is 1. The van der Waals surface area contributed by atoms with Crippen LogP contribution in [0.2, 0.25) is 5.02 Å². The molecule has 24 heavy (non-hydrogen) atoms. The van der Waals surface area contributed by atoms with Crippen molar-refractivity contribution in [2.75, 3.05) is 6.61 Å². The standard InChI is InChI=1S/C18H20ClN3O2/c1-13-20-6-8-22(13)17(12-23)10-15(11-18-21-7-9-24-18)14-2-4-16(19)5-3-14/h2-9,15,17,23H,10-12H2,1H3. The minimum absolute atomic E-state index is 0.0485. The van der Waals surface area contributed by atoms with Gasteiger partial charge in [-0.05, 0) is 37.0 Å². The summed E-state index contributed by atoms with van der Waals surface area (Å²) in [4.78, 5) is 8.49. The molecular formula is C18H20ClN3O2. The quantitative estimate of drug-likeness (QED) is 0.707. The molecule has 1 N–H and O–H groups in total. The molecule has 0 fully saturated rings. The third-order valence-corrected chi connectivity index (χ3v) is 4.52. The van der Waals surface area contributed by atoms with Crippen molar-refractivity contribution in [1.29, 1.82) is 0 Å². The van der Waals surface area contributed by atoms with Crippen molar-refractivity contribution in [2.24, 2.45) is 0 Å². The molecule has 0 saturated heterocycles. The first kappa shape index (κ1) is 16.7. The zero-order valence-electron chi connectivity index (χ0n) is 13.5. The number of benzene rings is 1. The van der Waals surface area contributed by atoms with Gasteiger partial charge in [0, 0.05) is 23.8 Å². The van der Waals surface area contributed by atoms with E-state index in [9.17, 15) is 5.11 Å². The predicted octanol–water partition coefficient (Wildman–Crippen LogP) is 3.78. The van der Waals surface area contributed by atoms with E-state index in [-0.39, 0.29) is 18.6 Å². The zero-order chi connectivity index (χ0) is 16.9. The van der Waals surface area contributed by atoms with Crippen LogP contribution in [0.1, 0.15) is 35.7 Å². The number of hydrogen-bond donors (Lipinski definition) is 1. The number of nitrogens with zero attached hydrogens (tertiary/aromatic N) is 3. The van der Waals surface area contributed by atoms with Gasteiger partial charge in [0.15, 0.2) is 5.89 Å². The van der Waals surface area contributed by atoms with Gasteiger partial charge in [0.25, 0.3) is 0 Å². The molecular weight excluding hydrogens is 326 g/mol. The first-order valence-electron chi connectivity index (χ1n) is 7.91. The molecule has 0 aliphatic carbocycles. The smallest absolute Gasteiger partial charge is 0.194 e. The summed E-state index contributed by atoms with van der Waals surface area (Å²) in [6.07, 6.45) is 8.30. The van der Waals surface area contributed by atoms with Crippen LogP contribution in [0.15, 0.2) is 53.5 Å². The first-order chi connectivity index (χ1) is 11.7. The average Bonchev–Trinajstić information content (AvgIpc) is 3.24. The van der Waals surface area contributed by atoms with Crippen LogP contribution >= 0.6 is 11.6 Å². The van der Waals surface area contributed by atoms with Gasteiger partial charge in [-0.2, -0.15) is 0 Å². The van der Waals surface area contributed by atoms with Crippen molar-refractivity contribution in [2.45, 2.75) is 31.7 Å². The van der Waals surface area contributed by atoms with Crippen LogP contribution in [0.5, 0.6) is 0 Å². The van der Waals surface area contributed by atoms with E-state index in [1.54, 1.807) is 18.7 Å². The summed E-state index contributed by atoms with van der Waals surface area (Å²) in [5.74, 6) is 1.73. The Morgan fingerprint density at radius 1 is 1.21 bits per heavy atom. The maximum atomic E-state index is 9.88. The number of halogens is 1. The normalized spacial score (nSPS) is 13.8. The summed E-state index contributed by atoms with van der Waals surface area (Å²) >= 11 is 6.01. The molecule has 3 rings (SSSR count).